The van der Waals surface area contributed by atoms with E-state index in [-0.39, 0.29) is 5.54 Å². The molecule has 0 unspecified atom stereocenters. The lowest BCUT2D eigenvalue weighted by Gasteiger charge is -2.19. The molecule has 0 aliphatic carbocycles. The largest absolute Gasteiger partial charge is 0.489 e. The third-order valence-corrected chi connectivity index (χ3v) is 3.73. The Morgan fingerprint density at radius 3 is 2.67 bits per heavy atom. The molecule has 1 aromatic heterocycles. The number of benzene rings is 1. The van der Waals surface area contributed by atoms with Crippen LogP contribution in [0.1, 0.15) is 37.9 Å². The fourth-order valence-electron chi connectivity index (χ4n) is 1.89. The number of hydrogen-bond acceptors (Lipinski definition) is 3. The standard InChI is InChI=1S/C17H22INO2/c1-12-13(8-16(21-12)10-19-17(2,3)4)11-20-15-7-5-6-14(18)9-15/h5-9,19H,10-11H2,1-4H3. The Bertz CT molecular complexity index is 599. The van der Waals surface area contributed by atoms with Gasteiger partial charge in [-0.15, -0.1) is 0 Å². The Balaban J connectivity index is 1.96. The van der Waals surface area contributed by atoms with Gasteiger partial charge in [-0.1, -0.05) is 6.07 Å². The molecule has 2 aromatic rings. The molecule has 3 nitrogen and oxygen atoms in total. The molecule has 0 aliphatic rings. The summed E-state index contributed by atoms with van der Waals surface area (Å²) in [5.74, 6) is 2.76. The van der Waals surface area contributed by atoms with Gasteiger partial charge in [-0.3, -0.25) is 0 Å². The molecule has 2 rings (SSSR count). The van der Waals surface area contributed by atoms with Gasteiger partial charge in [0.1, 0.15) is 23.9 Å². The Morgan fingerprint density at radius 1 is 1.24 bits per heavy atom. The van der Waals surface area contributed by atoms with Crippen molar-refractivity contribution in [1.29, 1.82) is 0 Å². The maximum Gasteiger partial charge on any atom is 0.120 e. The first kappa shape index (κ1) is 16.4. The van der Waals surface area contributed by atoms with Gasteiger partial charge in [0.25, 0.3) is 0 Å². The third kappa shape index (κ3) is 5.36. The molecular formula is C17H22INO2. The SMILES string of the molecule is Cc1oc(CNC(C)(C)C)cc1COc1cccc(I)c1. The summed E-state index contributed by atoms with van der Waals surface area (Å²) in [4.78, 5) is 0. The smallest absolute Gasteiger partial charge is 0.120 e. The maximum atomic E-state index is 5.83. The number of halogens is 1. The number of aryl methyl sites for hydroxylation is 1. The van der Waals surface area contributed by atoms with Crippen LogP contribution in [0.15, 0.2) is 34.7 Å². The van der Waals surface area contributed by atoms with Crippen molar-refractivity contribution in [2.75, 3.05) is 0 Å². The van der Waals surface area contributed by atoms with Gasteiger partial charge in [0.05, 0.1) is 6.54 Å². The Morgan fingerprint density at radius 2 is 2.00 bits per heavy atom. The number of rotatable bonds is 5. The van der Waals surface area contributed by atoms with Gasteiger partial charge in [-0.2, -0.15) is 0 Å². The topological polar surface area (TPSA) is 34.4 Å². The molecule has 0 aliphatic heterocycles. The summed E-state index contributed by atoms with van der Waals surface area (Å²) >= 11 is 2.28. The molecule has 21 heavy (non-hydrogen) atoms. The van der Waals surface area contributed by atoms with E-state index in [0.717, 1.165) is 29.4 Å². The molecule has 0 fully saturated rings. The summed E-state index contributed by atoms with van der Waals surface area (Å²) in [6, 6.07) is 10.1. The van der Waals surface area contributed by atoms with E-state index >= 15 is 0 Å². The number of nitrogens with one attached hydrogen (secondary N) is 1. The van der Waals surface area contributed by atoms with Crippen LogP contribution in [-0.4, -0.2) is 5.54 Å². The molecule has 0 saturated carbocycles. The zero-order chi connectivity index (χ0) is 15.5. The minimum absolute atomic E-state index is 0.0814. The molecule has 4 heteroatoms. The molecule has 0 radical (unpaired) electrons. The van der Waals surface area contributed by atoms with E-state index in [0.29, 0.717) is 6.61 Å². The van der Waals surface area contributed by atoms with Gasteiger partial charge in [-0.05, 0) is 74.6 Å². The second-order valence-corrected chi connectivity index (χ2v) is 7.39. The van der Waals surface area contributed by atoms with E-state index in [9.17, 15) is 0 Å². The first-order valence-electron chi connectivity index (χ1n) is 7.05. The van der Waals surface area contributed by atoms with Gasteiger partial charge in [0.15, 0.2) is 0 Å². The zero-order valence-corrected chi connectivity index (χ0v) is 15.2. The molecular weight excluding hydrogens is 377 g/mol. The number of hydrogen-bond donors (Lipinski definition) is 1. The van der Waals surface area contributed by atoms with Crippen LogP contribution < -0.4 is 10.1 Å². The average molecular weight is 399 g/mol. The van der Waals surface area contributed by atoms with Gasteiger partial charge in [0, 0.05) is 14.7 Å². The lowest BCUT2D eigenvalue weighted by molar-refractivity contribution is 0.302. The predicted molar refractivity (Wildman–Crippen MR) is 93.5 cm³/mol. The predicted octanol–water partition coefficient (Wildman–Crippen LogP) is 4.66. The molecule has 114 valence electrons. The molecule has 0 amide bonds. The Labute approximate surface area is 140 Å². The van der Waals surface area contributed by atoms with Crippen LogP contribution in [0.3, 0.4) is 0 Å². The van der Waals surface area contributed by atoms with Crippen LogP contribution >= 0.6 is 22.6 Å². The molecule has 1 heterocycles. The summed E-state index contributed by atoms with van der Waals surface area (Å²) in [6.45, 7) is 9.67. The highest BCUT2D eigenvalue weighted by molar-refractivity contribution is 14.1. The lowest BCUT2D eigenvalue weighted by atomic mass is 10.1. The van der Waals surface area contributed by atoms with Crippen molar-refractivity contribution in [1.82, 2.24) is 5.32 Å². The van der Waals surface area contributed by atoms with Crippen molar-refractivity contribution in [2.24, 2.45) is 0 Å². The zero-order valence-electron chi connectivity index (χ0n) is 13.0. The van der Waals surface area contributed by atoms with E-state index in [1.165, 1.54) is 3.57 Å². The van der Waals surface area contributed by atoms with Crippen LogP contribution in [0.5, 0.6) is 5.75 Å². The molecule has 0 saturated heterocycles. The number of ether oxygens (including phenoxy) is 1. The van der Waals surface area contributed by atoms with Crippen molar-refractivity contribution in [3.63, 3.8) is 0 Å². The molecule has 1 N–H and O–H groups in total. The fourth-order valence-corrected chi connectivity index (χ4v) is 2.40. The van der Waals surface area contributed by atoms with Crippen LogP contribution in [0, 0.1) is 10.5 Å². The van der Waals surface area contributed by atoms with E-state index in [1.807, 2.05) is 31.2 Å². The second-order valence-electron chi connectivity index (χ2n) is 6.14. The highest BCUT2D eigenvalue weighted by Crippen LogP contribution is 2.20. The monoisotopic (exact) mass is 399 g/mol. The first-order valence-corrected chi connectivity index (χ1v) is 8.13. The van der Waals surface area contributed by atoms with Gasteiger partial charge < -0.3 is 14.5 Å². The van der Waals surface area contributed by atoms with Crippen molar-refractivity contribution in [3.8, 4) is 5.75 Å². The maximum absolute atomic E-state index is 5.83. The average Bonchev–Trinajstić information content (AvgIpc) is 2.74. The minimum Gasteiger partial charge on any atom is -0.489 e. The highest BCUT2D eigenvalue weighted by Gasteiger charge is 2.12. The number of furan rings is 1. The van der Waals surface area contributed by atoms with Gasteiger partial charge in [0.2, 0.25) is 0 Å². The normalized spacial score (nSPS) is 11.7. The summed E-state index contributed by atoms with van der Waals surface area (Å²) in [5.41, 5.74) is 1.18. The summed E-state index contributed by atoms with van der Waals surface area (Å²) in [6.07, 6.45) is 0. The molecule has 1 aromatic carbocycles. The van der Waals surface area contributed by atoms with E-state index in [4.69, 9.17) is 9.15 Å². The van der Waals surface area contributed by atoms with E-state index < -0.39 is 0 Å². The summed E-state index contributed by atoms with van der Waals surface area (Å²) in [5, 5.41) is 3.42. The quantitative estimate of drug-likeness (QED) is 0.743. The van der Waals surface area contributed by atoms with E-state index in [2.05, 4.69) is 54.7 Å². The fraction of sp³-hybridized carbons (Fsp3) is 0.412. The second kappa shape index (κ2) is 6.83. The minimum atomic E-state index is 0.0814. The Hall–Kier alpha value is -1.01. The van der Waals surface area contributed by atoms with Crippen LogP contribution in [0.2, 0.25) is 0 Å². The summed E-state index contributed by atoms with van der Waals surface area (Å²) in [7, 11) is 0. The molecule has 0 bridgehead atoms. The van der Waals surface area contributed by atoms with Crippen LogP contribution in [0.25, 0.3) is 0 Å². The first-order chi connectivity index (χ1) is 9.83. The third-order valence-electron chi connectivity index (χ3n) is 3.05. The summed E-state index contributed by atoms with van der Waals surface area (Å²) < 4.78 is 12.8. The Kier molecular flexibility index (Phi) is 5.32. The van der Waals surface area contributed by atoms with Crippen LogP contribution in [0.4, 0.5) is 0 Å². The van der Waals surface area contributed by atoms with Crippen molar-refractivity contribution >= 4 is 22.6 Å². The van der Waals surface area contributed by atoms with Crippen molar-refractivity contribution in [3.05, 3.63) is 51.0 Å². The highest BCUT2D eigenvalue weighted by atomic mass is 127. The van der Waals surface area contributed by atoms with Crippen LogP contribution in [-0.2, 0) is 13.2 Å². The van der Waals surface area contributed by atoms with Crippen molar-refractivity contribution < 1.29 is 9.15 Å². The molecule has 0 atom stereocenters. The van der Waals surface area contributed by atoms with Crippen molar-refractivity contribution in [2.45, 2.75) is 46.4 Å². The van der Waals surface area contributed by atoms with Gasteiger partial charge >= 0.3 is 0 Å². The lowest BCUT2D eigenvalue weighted by Crippen LogP contribution is -2.34. The molecule has 0 spiro atoms. The van der Waals surface area contributed by atoms with Gasteiger partial charge in [-0.25, -0.2) is 0 Å². The van der Waals surface area contributed by atoms with E-state index in [1.54, 1.807) is 0 Å².